The predicted molar refractivity (Wildman–Crippen MR) is 81.7 cm³/mol. The minimum Gasteiger partial charge on any atom is -0.441 e. The summed E-state index contributed by atoms with van der Waals surface area (Å²) < 4.78 is 11.9. The number of imidazole rings is 1. The lowest BCUT2D eigenvalue weighted by atomic mass is 10.3. The molecule has 24 heavy (non-hydrogen) atoms. The molecule has 1 atom stereocenters. The minimum atomic E-state index is -0.535. The van der Waals surface area contributed by atoms with Gasteiger partial charge in [-0.25, -0.2) is 14.3 Å². The number of nitrogens with zero attached hydrogens (tertiary/aromatic N) is 6. The lowest BCUT2D eigenvalue weighted by molar-refractivity contribution is -0.391. The van der Waals surface area contributed by atoms with Crippen LogP contribution in [0.3, 0.4) is 0 Å². The summed E-state index contributed by atoms with van der Waals surface area (Å²) in [5.41, 5.74) is 0. The summed E-state index contributed by atoms with van der Waals surface area (Å²) in [7, 11) is 1.51. The van der Waals surface area contributed by atoms with Crippen LogP contribution in [0.25, 0.3) is 0 Å². The molecule has 130 valence electrons. The van der Waals surface area contributed by atoms with Crippen molar-refractivity contribution in [1.82, 2.24) is 19.5 Å². The quantitative estimate of drug-likeness (QED) is 0.415. The van der Waals surface area contributed by atoms with Gasteiger partial charge in [0.05, 0.1) is 26.8 Å². The van der Waals surface area contributed by atoms with Crippen molar-refractivity contribution < 1.29 is 19.2 Å². The SMILES string of the molecule is Cn1c([N+](=O)[O-])cnc1/C=N\N1C[C@@H](CN2CCOCC2)OC1=O. The molecule has 2 aliphatic rings. The summed E-state index contributed by atoms with van der Waals surface area (Å²) in [6, 6.07) is 0. The number of morpholine rings is 1. The number of rotatable bonds is 5. The summed E-state index contributed by atoms with van der Waals surface area (Å²) in [6.07, 6.45) is 1.66. The standard InChI is InChI=1S/C13H18N6O5/c1-16-11(14-7-12(16)19(21)22)6-15-18-9-10(24-13(18)20)8-17-2-4-23-5-3-17/h6-7,10H,2-5,8-9H2,1H3/b15-6-/t10-/m1/s1. The Balaban J connectivity index is 1.59. The molecule has 1 amide bonds. The minimum absolute atomic E-state index is 0.148. The number of hydrogen-bond donors (Lipinski definition) is 0. The second-order valence-corrected chi connectivity index (χ2v) is 5.54. The first-order valence-electron chi connectivity index (χ1n) is 7.53. The molecule has 11 heteroatoms. The maximum absolute atomic E-state index is 11.9. The van der Waals surface area contributed by atoms with Crippen LogP contribution in [-0.4, -0.2) is 82.2 Å². The third-order valence-corrected chi connectivity index (χ3v) is 3.92. The maximum atomic E-state index is 11.9. The molecule has 0 unspecified atom stereocenters. The zero-order valence-electron chi connectivity index (χ0n) is 13.2. The molecule has 2 saturated heterocycles. The lowest BCUT2D eigenvalue weighted by Gasteiger charge is -2.27. The van der Waals surface area contributed by atoms with Gasteiger partial charge < -0.3 is 19.6 Å². The Kier molecular flexibility index (Phi) is 4.71. The molecule has 0 saturated carbocycles. The van der Waals surface area contributed by atoms with E-state index in [2.05, 4.69) is 15.0 Å². The van der Waals surface area contributed by atoms with E-state index in [-0.39, 0.29) is 17.7 Å². The first kappa shape index (κ1) is 16.3. The van der Waals surface area contributed by atoms with E-state index in [1.165, 1.54) is 22.8 Å². The van der Waals surface area contributed by atoms with Crippen molar-refractivity contribution in [1.29, 1.82) is 0 Å². The van der Waals surface area contributed by atoms with Gasteiger partial charge in [0.2, 0.25) is 5.82 Å². The van der Waals surface area contributed by atoms with Crippen molar-refractivity contribution in [2.75, 3.05) is 39.4 Å². The number of nitro groups is 1. The molecule has 2 fully saturated rings. The van der Waals surface area contributed by atoms with E-state index >= 15 is 0 Å². The summed E-state index contributed by atoms with van der Waals surface area (Å²) in [6.45, 7) is 3.96. The summed E-state index contributed by atoms with van der Waals surface area (Å²) in [5.74, 6) is 0.136. The Morgan fingerprint density at radius 1 is 1.50 bits per heavy atom. The van der Waals surface area contributed by atoms with Gasteiger partial charge in [0.15, 0.2) is 0 Å². The average Bonchev–Trinajstić information content (AvgIpc) is 3.09. The molecular weight excluding hydrogens is 320 g/mol. The fourth-order valence-corrected chi connectivity index (χ4v) is 2.59. The van der Waals surface area contributed by atoms with E-state index in [1.54, 1.807) is 0 Å². The number of aromatic nitrogens is 2. The first-order valence-corrected chi connectivity index (χ1v) is 7.53. The van der Waals surface area contributed by atoms with Crippen LogP contribution in [0.5, 0.6) is 0 Å². The monoisotopic (exact) mass is 338 g/mol. The van der Waals surface area contributed by atoms with Crippen LogP contribution in [0.1, 0.15) is 5.82 Å². The van der Waals surface area contributed by atoms with E-state index < -0.39 is 11.0 Å². The number of hydrazone groups is 1. The van der Waals surface area contributed by atoms with Gasteiger partial charge in [-0.15, -0.1) is 0 Å². The molecular formula is C13H18N6O5. The number of carbonyl (C=O) groups is 1. The van der Waals surface area contributed by atoms with E-state index in [0.29, 0.717) is 26.3 Å². The molecule has 2 aliphatic heterocycles. The lowest BCUT2D eigenvalue weighted by Crippen LogP contribution is -2.41. The van der Waals surface area contributed by atoms with Crippen LogP contribution in [0.15, 0.2) is 11.3 Å². The second kappa shape index (κ2) is 6.93. The van der Waals surface area contributed by atoms with Gasteiger partial charge in [-0.3, -0.25) is 4.90 Å². The molecule has 3 heterocycles. The van der Waals surface area contributed by atoms with Crippen LogP contribution in [0.2, 0.25) is 0 Å². The van der Waals surface area contributed by atoms with E-state index in [0.717, 1.165) is 19.3 Å². The summed E-state index contributed by atoms with van der Waals surface area (Å²) in [5, 5.41) is 16.0. The van der Waals surface area contributed by atoms with Crippen LogP contribution in [0.4, 0.5) is 10.6 Å². The molecule has 0 N–H and O–H groups in total. The molecule has 0 aliphatic carbocycles. The molecule has 1 aromatic heterocycles. The highest BCUT2D eigenvalue weighted by Crippen LogP contribution is 2.15. The smallest absolute Gasteiger partial charge is 0.430 e. The van der Waals surface area contributed by atoms with E-state index in [1.807, 2.05) is 0 Å². The van der Waals surface area contributed by atoms with Gasteiger partial charge in [-0.2, -0.15) is 10.1 Å². The van der Waals surface area contributed by atoms with Crippen LogP contribution in [-0.2, 0) is 16.5 Å². The predicted octanol–water partition coefficient (Wildman–Crippen LogP) is -0.185. The van der Waals surface area contributed by atoms with Gasteiger partial charge in [0, 0.05) is 19.6 Å². The molecule has 3 rings (SSSR count). The van der Waals surface area contributed by atoms with Gasteiger partial charge in [-0.1, -0.05) is 0 Å². The molecule has 1 aromatic rings. The fourth-order valence-electron chi connectivity index (χ4n) is 2.59. The topological polar surface area (TPSA) is 115 Å². The van der Waals surface area contributed by atoms with Crippen molar-refractivity contribution in [3.05, 3.63) is 22.1 Å². The summed E-state index contributed by atoms with van der Waals surface area (Å²) in [4.78, 5) is 28.2. The summed E-state index contributed by atoms with van der Waals surface area (Å²) >= 11 is 0. The number of amides is 1. The average molecular weight is 338 g/mol. The van der Waals surface area contributed by atoms with Crippen molar-refractivity contribution in [2.24, 2.45) is 12.1 Å². The van der Waals surface area contributed by atoms with Crippen LogP contribution in [0, 0.1) is 10.1 Å². The molecule has 0 bridgehead atoms. The third-order valence-electron chi connectivity index (χ3n) is 3.92. The van der Waals surface area contributed by atoms with Gasteiger partial charge in [0.25, 0.3) is 0 Å². The largest absolute Gasteiger partial charge is 0.441 e. The van der Waals surface area contributed by atoms with Crippen molar-refractivity contribution in [3.8, 4) is 0 Å². The third kappa shape index (κ3) is 3.51. The number of ether oxygens (including phenoxy) is 2. The van der Waals surface area contributed by atoms with Crippen molar-refractivity contribution in [2.45, 2.75) is 6.10 Å². The van der Waals surface area contributed by atoms with Gasteiger partial charge in [-0.05, 0) is 4.92 Å². The normalized spacial score (nSPS) is 22.3. The van der Waals surface area contributed by atoms with E-state index in [9.17, 15) is 14.9 Å². The highest BCUT2D eigenvalue weighted by molar-refractivity contribution is 5.78. The molecule has 11 nitrogen and oxygen atoms in total. The molecule has 0 spiro atoms. The maximum Gasteiger partial charge on any atom is 0.430 e. The Labute approximate surface area is 137 Å². The highest BCUT2D eigenvalue weighted by Gasteiger charge is 2.33. The van der Waals surface area contributed by atoms with Crippen molar-refractivity contribution in [3.63, 3.8) is 0 Å². The highest BCUT2D eigenvalue weighted by atomic mass is 16.6. The number of carbonyl (C=O) groups excluding carboxylic acids is 1. The fraction of sp³-hybridized carbons (Fsp3) is 0.615. The Bertz CT molecular complexity index is 653. The molecule has 0 aromatic carbocycles. The Hall–Kier alpha value is -2.53. The number of hydrogen-bond acceptors (Lipinski definition) is 8. The van der Waals surface area contributed by atoms with Crippen LogP contribution < -0.4 is 0 Å². The Morgan fingerprint density at radius 2 is 2.25 bits per heavy atom. The van der Waals surface area contributed by atoms with Gasteiger partial charge >= 0.3 is 11.9 Å². The second-order valence-electron chi connectivity index (χ2n) is 5.54. The van der Waals surface area contributed by atoms with E-state index in [4.69, 9.17) is 9.47 Å². The zero-order valence-corrected chi connectivity index (χ0v) is 13.2. The van der Waals surface area contributed by atoms with Gasteiger partial charge in [0.1, 0.15) is 18.5 Å². The first-order chi connectivity index (χ1) is 11.5. The Morgan fingerprint density at radius 3 is 2.92 bits per heavy atom. The number of cyclic esters (lactones) is 1. The van der Waals surface area contributed by atoms with Crippen molar-refractivity contribution >= 4 is 18.1 Å². The van der Waals surface area contributed by atoms with Crippen LogP contribution >= 0.6 is 0 Å². The molecule has 0 radical (unpaired) electrons. The zero-order chi connectivity index (χ0) is 17.1.